The zero-order chi connectivity index (χ0) is 12.0. The maximum Gasteiger partial charge on any atom is 0.236 e. The second-order valence-corrected chi connectivity index (χ2v) is 4.82. The molecule has 1 aliphatic heterocycles. The molecule has 16 heavy (non-hydrogen) atoms. The van der Waals surface area contributed by atoms with Crippen LogP contribution in [-0.2, 0) is 4.79 Å². The first-order valence-electron chi connectivity index (χ1n) is 6.29. The lowest BCUT2D eigenvalue weighted by Gasteiger charge is -2.25. The molecule has 4 heteroatoms. The number of nitrogens with one attached hydrogen (secondary N) is 1. The SMILES string of the molecule is CCCN(CC(=O)N(C)C)C[C@H]1CCCN1. The average molecular weight is 227 g/mol. The minimum absolute atomic E-state index is 0.200. The molecular formula is C12H25N3O. The fourth-order valence-electron chi connectivity index (χ4n) is 2.11. The predicted octanol–water partition coefficient (Wildman–Crippen LogP) is 0.539. The zero-order valence-electron chi connectivity index (χ0n) is 10.8. The molecule has 0 aromatic carbocycles. The van der Waals surface area contributed by atoms with Crippen molar-refractivity contribution in [3.63, 3.8) is 0 Å². The lowest BCUT2D eigenvalue weighted by molar-refractivity contribution is -0.129. The summed E-state index contributed by atoms with van der Waals surface area (Å²) in [6, 6.07) is 0.585. The fraction of sp³-hybridized carbons (Fsp3) is 0.917. The van der Waals surface area contributed by atoms with Gasteiger partial charge in [-0.1, -0.05) is 6.92 Å². The van der Waals surface area contributed by atoms with E-state index < -0.39 is 0 Å². The highest BCUT2D eigenvalue weighted by atomic mass is 16.2. The first kappa shape index (κ1) is 13.5. The zero-order valence-corrected chi connectivity index (χ0v) is 10.8. The molecule has 0 saturated carbocycles. The van der Waals surface area contributed by atoms with Gasteiger partial charge in [-0.3, -0.25) is 9.69 Å². The van der Waals surface area contributed by atoms with Crippen molar-refractivity contribution in [2.45, 2.75) is 32.2 Å². The van der Waals surface area contributed by atoms with Gasteiger partial charge in [-0.2, -0.15) is 0 Å². The Morgan fingerprint density at radius 3 is 2.69 bits per heavy atom. The minimum Gasteiger partial charge on any atom is -0.348 e. The summed E-state index contributed by atoms with van der Waals surface area (Å²) in [7, 11) is 3.64. The van der Waals surface area contributed by atoms with Crippen LogP contribution in [0.15, 0.2) is 0 Å². The van der Waals surface area contributed by atoms with Crippen molar-refractivity contribution in [1.29, 1.82) is 0 Å². The van der Waals surface area contributed by atoms with Gasteiger partial charge in [0.2, 0.25) is 5.91 Å². The number of nitrogens with zero attached hydrogens (tertiary/aromatic N) is 2. The van der Waals surface area contributed by atoms with E-state index in [0.29, 0.717) is 12.6 Å². The minimum atomic E-state index is 0.200. The summed E-state index contributed by atoms with van der Waals surface area (Å²) in [6.45, 7) is 5.87. The Labute approximate surface area is 99.0 Å². The van der Waals surface area contributed by atoms with E-state index >= 15 is 0 Å². The monoisotopic (exact) mass is 227 g/mol. The number of carbonyl (C=O) groups is 1. The predicted molar refractivity (Wildman–Crippen MR) is 66.4 cm³/mol. The van der Waals surface area contributed by atoms with Crippen LogP contribution in [0.3, 0.4) is 0 Å². The van der Waals surface area contributed by atoms with Crippen LogP contribution in [0.1, 0.15) is 26.2 Å². The van der Waals surface area contributed by atoms with E-state index in [1.54, 1.807) is 4.90 Å². The van der Waals surface area contributed by atoms with Crippen molar-refractivity contribution >= 4 is 5.91 Å². The standard InChI is InChI=1S/C12H25N3O/c1-4-8-15(10-12(16)14(2)3)9-11-6-5-7-13-11/h11,13H,4-10H2,1-3H3/t11-/m1/s1. The Kier molecular flexibility index (Phi) is 5.77. The van der Waals surface area contributed by atoms with Gasteiger partial charge in [0.25, 0.3) is 0 Å². The quantitative estimate of drug-likeness (QED) is 0.719. The Bertz CT molecular complexity index is 212. The van der Waals surface area contributed by atoms with Gasteiger partial charge >= 0.3 is 0 Å². The molecule has 0 aromatic heterocycles. The topological polar surface area (TPSA) is 35.6 Å². The molecular weight excluding hydrogens is 202 g/mol. The van der Waals surface area contributed by atoms with E-state index in [1.807, 2.05) is 14.1 Å². The lowest BCUT2D eigenvalue weighted by Crippen LogP contribution is -2.43. The molecule has 1 saturated heterocycles. The summed E-state index contributed by atoms with van der Waals surface area (Å²) in [5, 5.41) is 3.48. The number of carbonyl (C=O) groups excluding carboxylic acids is 1. The van der Waals surface area contributed by atoms with Gasteiger partial charge in [0, 0.05) is 26.7 Å². The molecule has 1 N–H and O–H groups in total. The number of hydrogen-bond acceptors (Lipinski definition) is 3. The van der Waals surface area contributed by atoms with Crippen LogP contribution >= 0.6 is 0 Å². The lowest BCUT2D eigenvalue weighted by atomic mass is 10.2. The summed E-state index contributed by atoms with van der Waals surface area (Å²) < 4.78 is 0. The maximum atomic E-state index is 11.7. The molecule has 0 radical (unpaired) electrons. The smallest absolute Gasteiger partial charge is 0.236 e. The summed E-state index contributed by atoms with van der Waals surface area (Å²) in [6.07, 6.45) is 3.62. The molecule has 1 rings (SSSR count). The second-order valence-electron chi connectivity index (χ2n) is 4.82. The van der Waals surface area contributed by atoms with Crippen molar-refractivity contribution in [2.24, 2.45) is 0 Å². The molecule has 0 aromatic rings. The summed E-state index contributed by atoms with van der Waals surface area (Å²) in [4.78, 5) is 15.6. The first-order valence-corrected chi connectivity index (χ1v) is 6.29. The number of likely N-dealkylation sites (N-methyl/N-ethyl adjacent to an activating group) is 1. The molecule has 1 heterocycles. The van der Waals surface area contributed by atoms with Gasteiger partial charge in [-0.25, -0.2) is 0 Å². The van der Waals surface area contributed by atoms with Gasteiger partial charge in [0.1, 0.15) is 0 Å². The van der Waals surface area contributed by atoms with Crippen LogP contribution in [0, 0.1) is 0 Å². The largest absolute Gasteiger partial charge is 0.348 e. The Hall–Kier alpha value is -0.610. The number of amides is 1. The molecule has 94 valence electrons. The van der Waals surface area contributed by atoms with E-state index in [-0.39, 0.29) is 5.91 Å². The van der Waals surface area contributed by atoms with Crippen LogP contribution < -0.4 is 5.32 Å². The summed E-state index contributed by atoms with van der Waals surface area (Å²) in [5.41, 5.74) is 0. The molecule has 1 atom stereocenters. The third-order valence-electron chi connectivity index (χ3n) is 3.04. The van der Waals surface area contributed by atoms with Crippen LogP contribution in [-0.4, -0.2) is 62.0 Å². The number of hydrogen-bond donors (Lipinski definition) is 1. The van der Waals surface area contributed by atoms with Gasteiger partial charge < -0.3 is 10.2 Å². The van der Waals surface area contributed by atoms with Crippen molar-refractivity contribution in [2.75, 3.05) is 40.3 Å². The van der Waals surface area contributed by atoms with Gasteiger partial charge in [0.15, 0.2) is 0 Å². The molecule has 1 amide bonds. The van der Waals surface area contributed by atoms with E-state index in [2.05, 4.69) is 17.1 Å². The van der Waals surface area contributed by atoms with Crippen molar-refractivity contribution < 1.29 is 4.79 Å². The Morgan fingerprint density at radius 1 is 1.44 bits per heavy atom. The molecule has 4 nitrogen and oxygen atoms in total. The Balaban J connectivity index is 2.36. The molecule has 0 aliphatic carbocycles. The third-order valence-corrected chi connectivity index (χ3v) is 3.04. The number of rotatable bonds is 6. The van der Waals surface area contributed by atoms with Crippen LogP contribution in [0.2, 0.25) is 0 Å². The van der Waals surface area contributed by atoms with E-state index in [1.165, 1.54) is 12.8 Å². The highest BCUT2D eigenvalue weighted by Crippen LogP contribution is 2.07. The van der Waals surface area contributed by atoms with Crippen molar-refractivity contribution in [1.82, 2.24) is 15.1 Å². The normalized spacial score (nSPS) is 20.4. The summed E-state index contributed by atoms with van der Waals surface area (Å²) in [5.74, 6) is 0.200. The molecule has 1 aliphatic rings. The van der Waals surface area contributed by atoms with E-state index in [0.717, 1.165) is 26.1 Å². The van der Waals surface area contributed by atoms with Crippen molar-refractivity contribution in [3.05, 3.63) is 0 Å². The molecule has 0 bridgehead atoms. The highest BCUT2D eigenvalue weighted by molar-refractivity contribution is 5.77. The average Bonchev–Trinajstić information content (AvgIpc) is 2.70. The van der Waals surface area contributed by atoms with E-state index in [9.17, 15) is 4.79 Å². The van der Waals surface area contributed by atoms with Crippen LogP contribution in [0.5, 0.6) is 0 Å². The molecule has 1 fully saturated rings. The van der Waals surface area contributed by atoms with E-state index in [4.69, 9.17) is 0 Å². The molecule has 0 spiro atoms. The first-order chi connectivity index (χ1) is 7.63. The van der Waals surface area contributed by atoms with Crippen LogP contribution in [0.25, 0.3) is 0 Å². The van der Waals surface area contributed by atoms with Crippen molar-refractivity contribution in [3.8, 4) is 0 Å². The summed E-state index contributed by atoms with van der Waals surface area (Å²) >= 11 is 0. The third kappa shape index (κ3) is 4.49. The fourth-order valence-corrected chi connectivity index (χ4v) is 2.11. The second kappa shape index (κ2) is 6.86. The Morgan fingerprint density at radius 2 is 2.19 bits per heavy atom. The highest BCUT2D eigenvalue weighted by Gasteiger charge is 2.19. The van der Waals surface area contributed by atoms with Gasteiger partial charge in [-0.05, 0) is 32.4 Å². The van der Waals surface area contributed by atoms with Crippen LogP contribution in [0.4, 0.5) is 0 Å². The van der Waals surface area contributed by atoms with Gasteiger partial charge in [0.05, 0.1) is 6.54 Å². The van der Waals surface area contributed by atoms with Gasteiger partial charge in [-0.15, -0.1) is 0 Å². The maximum absolute atomic E-state index is 11.7. The molecule has 0 unspecified atom stereocenters.